The Kier molecular flexibility index (Phi) is 4.88. The Morgan fingerprint density at radius 2 is 1.90 bits per heavy atom. The number of amides is 1. The maximum atomic E-state index is 12.6. The van der Waals surface area contributed by atoms with Crippen molar-refractivity contribution in [2.45, 2.75) is 19.4 Å². The topological polar surface area (TPSA) is 33.2 Å². The predicted octanol–water partition coefficient (Wildman–Crippen LogP) is 3.51. The molecular weight excluding hydrogens is 248 g/mol. The lowest BCUT2D eigenvalue weighted by Crippen LogP contribution is -2.35. The van der Waals surface area contributed by atoms with E-state index in [2.05, 4.69) is 11.9 Å². The van der Waals surface area contributed by atoms with E-state index in [1.807, 2.05) is 60.4 Å². The Hall–Kier alpha value is -2.16. The second-order valence-electron chi connectivity index (χ2n) is 4.52. The zero-order chi connectivity index (χ0) is 14.4. The molecule has 1 amide bonds. The van der Waals surface area contributed by atoms with Gasteiger partial charge in [0.05, 0.1) is 11.7 Å². The fourth-order valence-electron chi connectivity index (χ4n) is 2.29. The number of nitrogens with zero attached hydrogens (tertiary/aromatic N) is 2. The summed E-state index contributed by atoms with van der Waals surface area (Å²) in [5.74, 6) is 0.0207. The highest BCUT2D eigenvalue weighted by molar-refractivity contribution is 5.94. The Bertz CT molecular complexity index is 539. The van der Waals surface area contributed by atoms with Gasteiger partial charge in [-0.3, -0.25) is 9.78 Å². The van der Waals surface area contributed by atoms with Crippen LogP contribution in [0.15, 0.2) is 54.7 Å². The van der Waals surface area contributed by atoms with E-state index in [0.717, 1.165) is 5.69 Å². The van der Waals surface area contributed by atoms with Crippen molar-refractivity contribution >= 4 is 5.91 Å². The predicted molar refractivity (Wildman–Crippen MR) is 80.1 cm³/mol. The van der Waals surface area contributed by atoms with Crippen molar-refractivity contribution in [1.82, 2.24) is 9.88 Å². The minimum Gasteiger partial charge on any atom is -0.330 e. The van der Waals surface area contributed by atoms with Crippen molar-refractivity contribution in [1.29, 1.82) is 0 Å². The number of aromatic nitrogens is 1. The van der Waals surface area contributed by atoms with Gasteiger partial charge < -0.3 is 4.90 Å². The fourth-order valence-corrected chi connectivity index (χ4v) is 2.29. The van der Waals surface area contributed by atoms with Crippen molar-refractivity contribution in [3.05, 3.63) is 72.9 Å². The highest BCUT2D eigenvalue weighted by Gasteiger charge is 2.24. The summed E-state index contributed by atoms with van der Waals surface area (Å²) < 4.78 is 0. The molecule has 1 aromatic heterocycles. The van der Waals surface area contributed by atoms with Crippen molar-refractivity contribution in [3.8, 4) is 0 Å². The van der Waals surface area contributed by atoms with Gasteiger partial charge in [-0.25, -0.2) is 0 Å². The molecule has 0 saturated carbocycles. The zero-order valence-electron chi connectivity index (χ0n) is 11.7. The minimum atomic E-state index is -0.0890. The normalized spacial score (nSPS) is 11.9. The smallest absolute Gasteiger partial charge is 0.254 e. The van der Waals surface area contributed by atoms with Gasteiger partial charge in [-0.1, -0.05) is 31.2 Å². The standard InChI is InChI=1S/C17H19N2O/c1-3-16(15-12-8-9-13-18-15)19(4-2)17(20)14-10-6-5-7-11-14/h5-13,16H,1,3-4H2,2H3. The van der Waals surface area contributed by atoms with E-state index in [1.54, 1.807) is 6.20 Å². The number of hydrogen-bond acceptors (Lipinski definition) is 2. The van der Waals surface area contributed by atoms with Crippen LogP contribution < -0.4 is 0 Å². The first-order valence-corrected chi connectivity index (χ1v) is 6.84. The third-order valence-electron chi connectivity index (χ3n) is 3.30. The van der Waals surface area contributed by atoms with Crippen molar-refractivity contribution in [2.24, 2.45) is 0 Å². The molecular formula is C17H19N2O. The number of benzene rings is 1. The summed E-state index contributed by atoms with van der Waals surface area (Å²) in [6, 6.07) is 15.0. The lowest BCUT2D eigenvalue weighted by molar-refractivity contribution is 0.0684. The summed E-state index contributed by atoms with van der Waals surface area (Å²) in [4.78, 5) is 18.8. The summed E-state index contributed by atoms with van der Waals surface area (Å²) in [6.07, 6.45) is 2.35. The van der Waals surface area contributed by atoms with Crippen LogP contribution >= 0.6 is 0 Å². The molecule has 0 bridgehead atoms. The van der Waals surface area contributed by atoms with Gasteiger partial charge in [0, 0.05) is 18.3 Å². The minimum absolute atomic E-state index is 0.0207. The molecule has 0 aliphatic carbocycles. The van der Waals surface area contributed by atoms with Crippen LogP contribution in [-0.2, 0) is 0 Å². The summed E-state index contributed by atoms with van der Waals surface area (Å²) >= 11 is 0. The second-order valence-corrected chi connectivity index (χ2v) is 4.52. The van der Waals surface area contributed by atoms with Crippen molar-refractivity contribution < 1.29 is 4.79 Å². The van der Waals surface area contributed by atoms with E-state index in [1.165, 1.54) is 0 Å². The number of rotatable bonds is 5. The van der Waals surface area contributed by atoms with Crippen LogP contribution in [0.1, 0.15) is 35.4 Å². The molecule has 0 spiro atoms. The molecule has 1 aromatic carbocycles. The highest BCUT2D eigenvalue weighted by atomic mass is 16.2. The Morgan fingerprint density at radius 3 is 2.45 bits per heavy atom. The lowest BCUT2D eigenvalue weighted by Gasteiger charge is -2.29. The molecule has 3 heteroatoms. The maximum absolute atomic E-state index is 12.6. The Labute approximate surface area is 120 Å². The third kappa shape index (κ3) is 3.05. The van der Waals surface area contributed by atoms with Crippen LogP contribution in [0.2, 0.25) is 0 Å². The average Bonchev–Trinajstić information content (AvgIpc) is 2.53. The van der Waals surface area contributed by atoms with Crippen LogP contribution in [0.25, 0.3) is 0 Å². The van der Waals surface area contributed by atoms with E-state index in [9.17, 15) is 4.79 Å². The highest BCUT2D eigenvalue weighted by Crippen LogP contribution is 2.23. The molecule has 1 heterocycles. The first kappa shape index (κ1) is 14.3. The van der Waals surface area contributed by atoms with Gasteiger partial charge in [0.1, 0.15) is 0 Å². The van der Waals surface area contributed by atoms with Crippen LogP contribution in [0.4, 0.5) is 0 Å². The third-order valence-corrected chi connectivity index (χ3v) is 3.30. The van der Waals surface area contributed by atoms with E-state index in [4.69, 9.17) is 0 Å². The molecule has 1 atom stereocenters. The van der Waals surface area contributed by atoms with Gasteiger partial charge in [0.2, 0.25) is 0 Å². The van der Waals surface area contributed by atoms with Crippen LogP contribution in [-0.4, -0.2) is 22.3 Å². The molecule has 3 nitrogen and oxygen atoms in total. The van der Waals surface area contributed by atoms with Gasteiger partial charge in [0.25, 0.3) is 5.91 Å². The monoisotopic (exact) mass is 267 g/mol. The van der Waals surface area contributed by atoms with E-state index in [-0.39, 0.29) is 11.9 Å². The van der Waals surface area contributed by atoms with E-state index < -0.39 is 0 Å². The first-order valence-electron chi connectivity index (χ1n) is 6.84. The molecule has 0 N–H and O–H groups in total. The molecule has 20 heavy (non-hydrogen) atoms. The van der Waals surface area contributed by atoms with Gasteiger partial charge in [0.15, 0.2) is 0 Å². The maximum Gasteiger partial charge on any atom is 0.254 e. The average molecular weight is 267 g/mol. The Balaban J connectivity index is 2.29. The Morgan fingerprint density at radius 1 is 1.20 bits per heavy atom. The number of carbonyl (C=O) groups excluding carboxylic acids is 1. The van der Waals surface area contributed by atoms with E-state index >= 15 is 0 Å². The van der Waals surface area contributed by atoms with Gasteiger partial charge in [-0.2, -0.15) is 0 Å². The molecule has 0 fully saturated rings. The fraction of sp³-hybridized carbons (Fsp3) is 0.235. The zero-order valence-corrected chi connectivity index (χ0v) is 11.7. The molecule has 103 valence electrons. The second kappa shape index (κ2) is 6.85. The van der Waals surface area contributed by atoms with Crippen LogP contribution in [0.5, 0.6) is 0 Å². The molecule has 2 rings (SSSR count). The molecule has 1 unspecified atom stereocenters. The quantitative estimate of drug-likeness (QED) is 0.830. The van der Waals surface area contributed by atoms with Gasteiger partial charge in [-0.05, 0) is 37.6 Å². The van der Waals surface area contributed by atoms with Crippen LogP contribution in [0, 0.1) is 6.92 Å². The molecule has 0 aliphatic heterocycles. The first-order chi connectivity index (χ1) is 9.77. The summed E-state index contributed by atoms with van der Waals surface area (Å²) in [5, 5.41) is 0. The molecule has 2 aromatic rings. The van der Waals surface area contributed by atoms with Gasteiger partial charge in [-0.15, -0.1) is 0 Å². The SMILES string of the molecule is [CH2]CC(c1ccccn1)N(CC)C(=O)c1ccccc1. The van der Waals surface area contributed by atoms with Gasteiger partial charge >= 0.3 is 0 Å². The molecule has 1 radical (unpaired) electrons. The summed E-state index contributed by atoms with van der Waals surface area (Å²) in [6.45, 7) is 6.58. The van der Waals surface area contributed by atoms with Crippen molar-refractivity contribution in [3.63, 3.8) is 0 Å². The summed E-state index contributed by atoms with van der Waals surface area (Å²) in [5.41, 5.74) is 1.58. The summed E-state index contributed by atoms with van der Waals surface area (Å²) in [7, 11) is 0. The van der Waals surface area contributed by atoms with E-state index in [0.29, 0.717) is 18.5 Å². The van der Waals surface area contributed by atoms with Crippen molar-refractivity contribution in [2.75, 3.05) is 6.54 Å². The van der Waals surface area contributed by atoms with Crippen LogP contribution in [0.3, 0.4) is 0 Å². The largest absolute Gasteiger partial charge is 0.330 e. The number of carbonyl (C=O) groups is 1. The number of pyridine rings is 1. The molecule has 0 aliphatic rings. The lowest BCUT2D eigenvalue weighted by atomic mass is 10.1. The molecule has 0 saturated heterocycles. The number of hydrogen-bond donors (Lipinski definition) is 0.